The van der Waals surface area contributed by atoms with E-state index in [1.165, 1.54) is 24.0 Å². The van der Waals surface area contributed by atoms with E-state index in [2.05, 4.69) is 21.2 Å². The van der Waals surface area contributed by atoms with Crippen LogP contribution in [0.4, 0.5) is 10.1 Å². The van der Waals surface area contributed by atoms with Crippen molar-refractivity contribution in [3.63, 3.8) is 0 Å². The zero-order valence-corrected chi connectivity index (χ0v) is 14.8. The minimum Gasteiger partial charge on any atom is -0.354 e. The number of halogens is 2. The van der Waals surface area contributed by atoms with E-state index in [9.17, 15) is 14.0 Å². The molecule has 0 heterocycles. The number of hydrogen-bond donors (Lipinski definition) is 1. The Labute approximate surface area is 148 Å². The molecule has 126 valence electrons. The molecule has 4 nitrogen and oxygen atoms in total. The van der Waals surface area contributed by atoms with Crippen LogP contribution in [0.2, 0.25) is 0 Å². The van der Waals surface area contributed by atoms with Crippen LogP contribution >= 0.6 is 15.9 Å². The normalized spacial score (nSPS) is 10.3. The fourth-order valence-corrected chi connectivity index (χ4v) is 2.76. The van der Waals surface area contributed by atoms with E-state index in [0.717, 1.165) is 10.0 Å². The number of amides is 2. The third kappa shape index (κ3) is 5.45. The van der Waals surface area contributed by atoms with Crippen LogP contribution in [0.25, 0.3) is 0 Å². The van der Waals surface area contributed by atoms with Gasteiger partial charge in [-0.3, -0.25) is 9.59 Å². The summed E-state index contributed by atoms with van der Waals surface area (Å²) >= 11 is 3.36. The molecule has 0 atom stereocenters. The van der Waals surface area contributed by atoms with Crippen LogP contribution in [-0.2, 0) is 16.0 Å². The van der Waals surface area contributed by atoms with Crippen LogP contribution in [-0.4, -0.2) is 24.9 Å². The number of hydrogen-bond acceptors (Lipinski definition) is 2. The molecule has 0 aliphatic heterocycles. The van der Waals surface area contributed by atoms with Gasteiger partial charge in [0.25, 0.3) is 0 Å². The quantitative estimate of drug-likeness (QED) is 0.819. The molecular weight excluding hydrogens is 375 g/mol. The Hall–Kier alpha value is -2.21. The maximum Gasteiger partial charge on any atom is 0.224 e. The summed E-state index contributed by atoms with van der Waals surface area (Å²) < 4.78 is 14.2. The minimum absolute atomic E-state index is 0.129. The van der Waals surface area contributed by atoms with Gasteiger partial charge in [0.15, 0.2) is 0 Å². The Morgan fingerprint density at radius 1 is 1.17 bits per heavy atom. The van der Waals surface area contributed by atoms with Crippen molar-refractivity contribution in [1.82, 2.24) is 5.32 Å². The average Bonchev–Trinajstić information content (AvgIpc) is 2.51. The molecule has 2 amide bonds. The third-order valence-corrected chi connectivity index (χ3v) is 3.90. The summed E-state index contributed by atoms with van der Waals surface area (Å²) in [5, 5.41) is 2.78. The molecule has 2 rings (SSSR count). The van der Waals surface area contributed by atoms with E-state index >= 15 is 0 Å². The van der Waals surface area contributed by atoms with E-state index in [1.807, 2.05) is 24.3 Å². The van der Waals surface area contributed by atoms with Crippen molar-refractivity contribution in [2.75, 3.05) is 18.0 Å². The lowest BCUT2D eigenvalue weighted by Gasteiger charge is -2.21. The summed E-state index contributed by atoms with van der Waals surface area (Å²) in [4.78, 5) is 25.2. The van der Waals surface area contributed by atoms with Crippen LogP contribution in [0.1, 0.15) is 12.5 Å². The first-order valence-corrected chi connectivity index (χ1v) is 8.30. The van der Waals surface area contributed by atoms with Crippen molar-refractivity contribution < 1.29 is 14.0 Å². The van der Waals surface area contributed by atoms with Gasteiger partial charge < -0.3 is 10.2 Å². The Morgan fingerprint density at radius 3 is 2.58 bits per heavy atom. The number of nitrogens with one attached hydrogen (secondary N) is 1. The molecule has 6 heteroatoms. The first-order chi connectivity index (χ1) is 11.5. The number of benzene rings is 2. The van der Waals surface area contributed by atoms with Crippen LogP contribution in [0.5, 0.6) is 0 Å². The predicted octanol–water partition coefficient (Wildman–Crippen LogP) is 3.30. The number of carbonyl (C=O) groups excluding carboxylic acids is 2. The summed E-state index contributed by atoms with van der Waals surface area (Å²) in [7, 11) is 0. The summed E-state index contributed by atoms with van der Waals surface area (Å²) in [5.41, 5.74) is 1.37. The largest absolute Gasteiger partial charge is 0.354 e. The highest BCUT2D eigenvalue weighted by molar-refractivity contribution is 9.10. The third-order valence-electron chi connectivity index (χ3n) is 3.41. The highest BCUT2D eigenvalue weighted by Crippen LogP contribution is 2.15. The van der Waals surface area contributed by atoms with Crippen LogP contribution < -0.4 is 10.2 Å². The lowest BCUT2D eigenvalue weighted by Crippen LogP contribution is -2.38. The maximum atomic E-state index is 13.3. The molecule has 0 aliphatic carbocycles. The van der Waals surface area contributed by atoms with Crippen LogP contribution in [0.15, 0.2) is 53.0 Å². The fraction of sp³-hybridized carbons (Fsp3) is 0.222. The molecular formula is C18H18BrFN2O2. The molecule has 2 aromatic carbocycles. The van der Waals surface area contributed by atoms with E-state index in [-0.39, 0.29) is 24.8 Å². The molecule has 0 spiro atoms. The zero-order chi connectivity index (χ0) is 17.5. The van der Waals surface area contributed by atoms with Gasteiger partial charge in [-0.2, -0.15) is 0 Å². The maximum absolute atomic E-state index is 13.3. The molecule has 2 aromatic rings. The summed E-state index contributed by atoms with van der Waals surface area (Å²) in [5.74, 6) is -0.741. The van der Waals surface area contributed by atoms with Gasteiger partial charge in [0.05, 0.1) is 6.42 Å². The molecule has 0 unspecified atom stereocenters. The van der Waals surface area contributed by atoms with Crippen molar-refractivity contribution in [1.29, 1.82) is 0 Å². The minimum atomic E-state index is -0.405. The molecule has 0 aliphatic rings. The molecule has 0 saturated carbocycles. The molecule has 0 fully saturated rings. The van der Waals surface area contributed by atoms with Gasteiger partial charge >= 0.3 is 0 Å². The Kier molecular flexibility index (Phi) is 6.49. The van der Waals surface area contributed by atoms with Gasteiger partial charge in [0, 0.05) is 30.2 Å². The van der Waals surface area contributed by atoms with E-state index < -0.39 is 5.82 Å². The monoisotopic (exact) mass is 392 g/mol. The number of rotatable bonds is 6. The van der Waals surface area contributed by atoms with E-state index in [0.29, 0.717) is 12.2 Å². The fourth-order valence-electron chi connectivity index (χ4n) is 2.31. The lowest BCUT2D eigenvalue weighted by atomic mass is 10.1. The van der Waals surface area contributed by atoms with E-state index in [4.69, 9.17) is 0 Å². The summed E-state index contributed by atoms with van der Waals surface area (Å²) in [6.45, 7) is 1.99. The second kappa shape index (κ2) is 8.59. The zero-order valence-electron chi connectivity index (χ0n) is 13.3. The van der Waals surface area contributed by atoms with Crippen LogP contribution in [0, 0.1) is 5.82 Å². The van der Waals surface area contributed by atoms with E-state index in [1.54, 1.807) is 12.1 Å². The molecule has 0 radical (unpaired) electrons. The molecule has 24 heavy (non-hydrogen) atoms. The lowest BCUT2D eigenvalue weighted by molar-refractivity contribution is -0.121. The Balaban J connectivity index is 1.89. The van der Waals surface area contributed by atoms with Crippen molar-refractivity contribution in [3.8, 4) is 0 Å². The summed E-state index contributed by atoms with van der Waals surface area (Å²) in [6, 6.07) is 13.3. The topological polar surface area (TPSA) is 49.4 Å². The molecule has 0 aromatic heterocycles. The standard InChI is InChI=1S/C18H18BrFN2O2/c1-13(23)22(17-7-3-6-16(20)12-17)9-8-21-18(24)11-14-4-2-5-15(19)10-14/h2-7,10,12H,8-9,11H2,1H3,(H,21,24). The highest BCUT2D eigenvalue weighted by atomic mass is 79.9. The summed E-state index contributed by atoms with van der Waals surface area (Å²) in [6.07, 6.45) is 0.263. The number of carbonyl (C=O) groups is 2. The van der Waals surface area contributed by atoms with Gasteiger partial charge in [-0.15, -0.1) is 0 Å². The van der Waals surface area contributed by atoms with Crippen molar-refractivity contribution in [3.05, 3.63) is 64.4 Å². The second-order valence-electron chi connectivity index (χ2n) is 5.31. The van der Waals surface area contributed by atoms with Crippen molar-refractivity contribution >= 4 is 33.4 Å². The van der Waals surface area contributed by atoms with Gasteiger partial charge in [-0.1, -0.05) is 34.1 Å². The van der Waals surface area contributed by atoms with Gasteiger partial charge in [0.2, 0.25) is 11.8 Å². The van der Waals surface area contributed by atoms with Crippen molar-refractivity contribution in [2.24, 2.45) is 0 Å². The smallest absolute Gasteiger partial charge is 0.224 e. The second-order valence-corrected chi connectivity index (χ2v) is 6.22. The van der Waals surface area contributed by atoms with Gasteiger partial charge in [-0.05, 0) is 35.9 Å². The Morgan fingerprint density at radius 2 is 1.92 bits per heavy atom. The van der Waals surface area contributed by atoms with Crippen molar-refractivity contribution in [2.45, 2.75) is 13.3 Å². The average molecular weight is 393 g/mol. The molecule has 0 saturated heterocycles. The number of nitrogens with zero attached hydrogens (tertiary/aromatic N) is 1. The highest BCUT2D eigenvalue weighted by Gasteiger charge is 2.12. The van der Waals surface area contributed by atoms with Crippen LogP contribution in [0.3, 0.4) is 0 Å². The first-order valence-electron chi connectivity index (χ1n) is 7.50. The molecule has 1 N–H and O–H groups in total. The molecule has 0 bridgehead atoms. The SMILES string of the molecule is CC(=O)N(CCNC(=O)Cc1cccc(Br)c1)c1cccc(F)c1. The van der Waals surface area contributed by atoms with Gasteiger partial charge in [0.1, 0.15) is 5.82 Å². The first kappa shape index (κ1) is 18.1. The predicted molar refractivity (Wildman–Crippen MR) is 95.3 cm³/mol. The number of anilines is 1. The van der Waals surface area contributed by atoms with Gasteiger partial charge in [-0.25, -0.2) is 4.39 Å². The Bertz CT molecular complexity index is 736.